The lowest BCUT2D eigenvalue weighted by Crippen LogP contribution is -2.37. The minimum absolute atomic E-state index is 0.0333. The molecule has 7 nitrogen and oxygen atoms in total. The molecular formula is C22H27Cl2N3O4S. The smallest absolute Gasteiger partial charge is 0.252 e. The number of amides is 1. The minimum atomic E-state index is -3.95. The highest BCUT2D eigenvalue weighted by molar-refractivity contribution is 7.89. The summed E-state index contributed by atoms with van der Waals surface area (Å²) < 4.78 is 33.7. The summed E-state index contributed by atoms with van der Waals surface area (Å²) in [5.41, 5.74) is 1.40. The number of benzene rings is 2. The van der Waals surface area contributed by atoms with Crippen LogP contribution in [0.2, 0.25) is 10.0 Å². The first-order valence-corrected chi connectivity index (χ1v) is 12.4. The van der Waals surface area contributed by atoms with Crippen molar-refractivity contribution in [3.8, 4) is 0 Å². The van der Waals surface area contributed by atoms with Crippen LogP contribution in [0.15, 0.2) is 47.4 Å². The topological polar surface area (TPSA) is 70.2 Å². The van der Waals surface area contributed by atoms with E-state index in [1.807, 2.05) is 31.3 Å². The number of methoxy groups -OCH3 is 1. The zero-order chi connectivity index (χ0) is 23.3. The van der Waals surface area contributed by atoms with E-state index < -0.39 is 10.0 Å². The number of anilines is 1. The zero-order valence-corrected chi connectivity index (χ0v) is 20.5. The van der Waals surface area contributed by atoms with Gasteiger partial charge in [-0.15, -0.1) is 0 Å². The third-order valence-electron chi connectivity index (χ3n) is 5.36. The van der Waals surface area contributed by atoms with Crippen molar-refractivity contribution in [3.05, 3.63) is 58.1 Å². The first-order chi connectivity index (χ1) is 15.2. The highest BCUT2D eigenvalue weighted by Crippen LogP contribution is 2.30. The molecule has 1 aliphatic heterocycles. The quantitative estimate of drug-likeness (QED) is 0.643. The fraction of sp³-hybridized carbons (Fsp3) is 0.409. The fourth-order valence-corrected chi connectivity index (χ4v) is 5.82. The summed E-state index contributed by atoms with van der Waals surface area (Å²) in [6.45, 7) is 2.06. The average Bonchev–Trinajstić information content (AvgIpc) is 2.79. The van der Waals surface area contributed by atoms with Gasteiger partial charge < -0.3 is 14.5 Å². The Kier molecular flexibility index (Phi) is 8.55. The molecule has 0 radical (unpaired) electrons. The van der Waals surface area contributed by atoms with Gasteiger partial charge in [0.2, 0.25) is 10.0 Å². The van der Waals surface area contributed by atoms with E-state index >= 15 is 0 Å². The molecule has 32 heavy (non-hydrogen) atoms. The Hall–Kier alpha value is -1.68. The summed E-state index contributed by atoms with van der Waals surface area (Å²) >= 11 is 12.3. The molecule has 1 heterocycles. The fourth-order valence-electron chi connectivity index (χ4n) is 3.67. The summed E-state index contributed by atoms with van der Waals surface area (Å²) in [5, 5.41) is 0.405. The predicted octanol–water partition coefficient (Wildman–Crippen LogP) is 3.50. The van der Waals surface area contributed by atoms with Gasteiger partial charge in [-0.25, -0.2) is 8.42 Å². The number of hydrogen-bond acceptors (Lipinski definition) is 5. The molecule has 0 aliphatic carbocycles. The molecule has 1 aliphatic rings. The number of carbonyl (C=O) groups excluding carboxylic acids is 1. The first kappa shape index (κ1) is 25.0. The summed E-state index contributed by atoms with van der Waals surface area (Å²) in [7, 11) is -0.534. The molecule has 1 amide bonds. The third-order valence-corrected chi connectivity index (χ3v) is 7.92. The van der Waals surface area contributed by atoms with Crippen LogP contribution in [0.25, 0.3) is 0 Å². The van der Waals surface area contributed by atoms with E-state index in [-0.39, 0.29) is 35.5 Å². The maximum absolute atomic E-state index is 13.6. The Bertz CT molecular complexity index is 1060. The number of halogens is 2. The van der Waals surface area contributed by atoms with Gasteiger partial charge >= 0.3 is 0 Å². The summed E-state index contributed by atoms with van der Waals surface area (Å²) in [5.74, 6) is -0.172. The lowest BCUT2D eigenvalue weighted by Gasteiger charge is -2.27. The standard InChI is InChI=1S/C22H27Cl2N3O4S/c1-25-10-5-11-27(22(28)16-31-2)20-7-4-3-6-17(20)15-26(13-12-25)32(29,30)21-14-18(23)8-9-19(21)24/h3-4,6-9,14H,5,10-13,15-16H2,1-2H3. The van der Waals surface area contributed by atoms with Crippen molar-refractivity contribution in [2.75, 3.05) is 51.8 Å². The van der Waals surface area contributed by atoms with E-state index in [0.29, 0.717) is 30.3 Å². The lowest BCUT2D eigenvalue weighted by molar-refractivity contribution is -0.122. The molecule has 174 valence electrons. The zero-order valence-electron chi connectivity index (χ0n) is 18.1. The van der Waals surface area contributed by atoms with Crippen LogP contribution in [0.5, 0.6) is 0 Å². The van der Waals surface area contributed by atoms with Crippen molar-refractivity contribution in [1.29, 1.82) is 0 Å². The van der Waals surface area contributed by atoms with Crippen molar-refractivity contribution in [1.82, 2.24) is 9.21 Å². The van der Waals surface area contributed by atoms with Crippen LogP contribution in [0.3, 0.4) is 0 Å². The predicted molar refractivity (Wildman–Crippen MR) is 127 cm³/mol. The van der Waals surface area contributed by atoms with Gasteiger partial charge in [-0.05, 0) is 49.8 Å². The number of ether oxygens (including phenoxy) is 1. The Morgan fingerprint density at radius 2 is 1.81 bits per heavy atom. The number of likely N-dealkylation sites (N-methyl/N-ethyl adjacent to an activating group) is 1. The van der Waals surface area contributed by atoms with Gasteiger partial charge in [0.25, 0.3) is 5.91 Å². The van der Waals surface area contributed by atoms with E-state index in [1.165, 1.54) is 23.5 Å². The molecule has 0 bridgehead atoms. The van der Waals surface area contributed by atoms with E-state index in [9.17, 15) is 13.2 Å². The van der Waals surface area contributed by atoms with E-state index in [4.69, 9.17) is 27.9 Å². The van der Waals surface area contributed by atoms with Gasteiger partial charge in [-0.1, -0.05) is 41.4 Å². The maximum Gasteiger partial charge on any atom is 0.252 e. The van der Waals surface area contributed by atoms with E-state index in [0.717, 1.165) is 12.0 Å². The number of carbonyl (C=O) groups is 1. The number of nitrogens with zero attached hydrogens (tertiary/aromatic N) is 3. The molecule has 0 unspecified atom stereocenters. The Morgan fingerprint density at radius 3 is 2.56 bits per heavy atom. The highest BCUT2D eigenvalue weighted by Gasteiger charge is 2.29. The highest BCUT2D eigenvalue weighted by atomic mass is 35.5. The number of para-hydroxylation sites is 1. The SMILES string of the molecule is COCC(=O)N1CCCN(C)CCN(S(=O)(=O)c2cc(Cl)ccc2Cl)Cc2ccccc21. The van der Waals surface area contributed by atoms with Crippen molar-refractivity contribution in [3.63, 3.8) is 0 Å². The normalized spacial score (nSPS) is 16.9. The number of fused-ring (bicyclic) bond motifs is 1. The summed E-state index contributed by atoms with van der Waals surface area (Å²) in [4.78, 5) is 16.5. The second-order valence-electron chi connectivity index (χ2n) is 7.68. The van der Waals surface area contributed by atoms with Gasteiger partial charge in [0.05, 0.1) is 5.02 Å². The van der Waals surface area contributed by atoms with Crippen molar-refractivity contribution >= 4 is 44.8 Å². The molecule has 2 aromatic carbocycles. The molecule has 0 N–H and O–H groups in total. The minimum Gasteiger partial charge on any atom is -0.375 e. The van der Waals surface area contributed by atoms with Crippen LogP contribution in [-0.4, -0.2) is 70.5 Å². The van der Waals surface area contributed by atoms with Crippen LogP contribution in [0, 0.1) is 0 Å². The van der Waals surface area contributed by atoms with Crippen LogP contribution in [-0.2, 0) is 26.1 Å². The molecule has 0 fully saturated rings. The van der Waals surface area contributed by atoms with Crippen LogP contribution in [0.4, 0.5) is 5.69 Å². The second-order valence-corrected chi connectivity index (χ2v) is 10.4. The number of sulfonamides is 1. The van der Waals surface area contributed by atoms with Crippen molar-refractivity contribution in [2.24, 2.45) is 0 Å². The first-order valence-electron chi connectivity index (χ1n) is 10.2. The molecule has 3 rings (SSSR count). The molecule has 2 aromatic rings. The van der Waals surface area contributed by atoms with Crippen molar-refractivity contribution in [2.45, 2.75) is 17.9 Å². The second kappa shape index (κ2) is 11.0. The van der Waals surface area contributed by atoms with E-state index in [2.05, 4.69) is 4.90 Å². The molecule has 0 spiro atoms. The molecule has 0 saturated heterocycles. The number of hydrogen-bond donors (Lipinski definition) is 0. The lowest BCUT2D eigenvalue weighted by atomic mass is 10.1. The van der Waals surface area contributed by atoms with Crippen LogP contribution < -0.4 is 4.90 Å². The Labute approximate surface area is 199 Å². The average molecular weight is 500 g/mol. The van der Waals surface area contributed by atoms with Crippen LogP contribution in [0.1, 0.15) is 12.0 Å². The van der Waals surface area contributed by atoms with Crippen molar-refractivity contribution < 1.29 is 17.9 Å². The summed E-state index contributed by atoms with van der Waals surface area (Å²) in [6, 6.07) is 11.7. The molecule has 10 heteroatoms. The molecule has 0 atom stereocenters. The Balaban J connectivity index is 2.07. The van der Waals surface area contributed by atoms with Gasteiger partial charge in [0.15, 0.2) is 0 Å². The number of rotatable bonds is 4. The van der Waals surface area contributed by atoms with Crippen LogP contribution >= 0.6 is 23.2 Å². The maximum atomic E-state index is 13.6. The monoisotopic (exact) mass is 499 g/mol. The van der Waals surface area contributed by atoms with E-state index in [1.54, 1.807) is 11.0 Å². The molecule has 0 aromatic heterocycles. The largest absolute Gasteiger partial charge is 0.375 e. The summed E-state index contributed by atoms with van der Waals surface area (Å²) in [6.07, 6.45) is 0.743. The molecule has 0 saturated carbocycles. The third kappa shape index (κ3) is 5.81. The molecular weight excluding hydrogens is 473 g/mol. The van der Waals surface area contributed by atoms with Gasteiger partial charge in [-0.3, -0.25) is 4.79 Å². The van der Waals surface area contributed by atoms with Gasteiger partial charge in [0, 0.05) is 44.0 Å². The van der Waals surface area contributed by atoms with Gasteiger partial charge in [0.1, 0.15) is 11.5 Å². The van der Waals surface area contributed by atoms with Gasteiger partial charge in [-0.2, -0.15) is 4.31 Å². The Morgan fingerprint density at radius 1 is 1.06 bits per heavy atom.